The third-order valence-electron chi connectivity index (χ3n) is 14.0. The fraction of sp³-hybridized carbons (Fsp3) is 0.0476. The molecule has 0 spiro atoms. The summed E-state index contributed by atoms with van der Waals surface area (Å²) in [6.07, 6.45) is 0. The van der Waals surface area contributed by atoms with Gasteiger partial charge >= 0.3 is 0 Å². The van der Waals surface area contributed by atoms with Gasteiger partial charge in [0.05, 0.1) is 0 Å². The number of rotatable bonds is 7. The highest BCUT2D eigenvalue weighted by molar-refractivity contribution is 7.25. The van der Waals surface area contributed by atoms with E-state index in [0.29, 0.717) is 0 Å². The van der Waals surface area contributed by atoms with Crippen molar-refractivity contribution in [3.8, 4) is 22.3 Å². The van der Waals surface area contributed by atoms with Gasteiger partial charge in [0, 0.05) is 59.7 Å². The van der Waals surface area contributed by atoms with Gasteiger partial charge in [-0.15, -0.1) is 11.3 Å². The van der Waals surface area contributed by atoms with Gasteiger partial charge in [-0.2, -0.15) is 0 Å². The summed E-state index contributed by atoms with van der Waals surface area (Å²) in [7, 11) is 0. The van der Waals surface area contributed by atoms with Crippen LogP contribution in [0.15, 0.2) is 231 Å². The average Bonchev–Trinajstić information content (AvgIpc) is 3.85. The van der Waals surface area contributed by atoms with Crippen molar-refractivity contribution in [3.63, 3.8) is 0 Å². The normalized spacial score (nSPS) is 12.8. The number of hydrogen-bond donors (Lipinski definition) is 0. The number of para-hydroxylation sites is 2. The molecule has 1 aliphatic rings. The molecule has 0 bridgehead atoms. The van der Waals surface area contributed by atoms with E-state index in [2.05, 4.69) is 254 Å². The van der Waals surface area contributed by atoms with Gasteiger partial charge < -0.3 is 9.80 Å². The molecule has 0 N–H and O–H groups in total. The first-order valence-corrected chi connectivity index (χ1v) is 23.6. The monoisotopic (exact) mass is 860 g/mol. The molecule has 2 nitrogen and oxygen atoms in total. The number of benzene rings is 11. The highest BCUT2D eigenvalue weighted by atomic mass is 32.1. The third kappa shape index (κ3) is 6.08. The standard InChI is InChI=1S/C63H44N2S/c1-63(2)59-39-47(64(43-15-5-3-6-16-43)44-17-7-4-8-18-44)31-34-54(59)55-35-32-48(40-60(55)63)65(46-30-33-53-51-21-10-9-19-49(51)50-20-11-12-22-52(50)57(53)38-46)45-28-25-41(26-29-45)42-27-36-62-58(37-42)56-23-13-14-24-61(56)66-62/h3-40H,1-2H3. The molecule has 0 radical (unpaired) electrons. The Bertz CT molecular complexity index is 3770. The van der Waals surface area contributed by atoms with Gasteiger partial charge in [0.2, 0.25) is 0 Å². The third-order valence-corrected chi connectivity index (χ3v) is 15.2. The summed E-state index contributed by atoms with van der Waals surface area (Å²) in [5.41, 5.74) is 14.2. The van der Waals surface area contributed by atoms with Crippen molar-refractivity contribution in [2.75, 3.05) is 9.80 Å². The van der Waals surface area contributed by atoms with E-state index in [1.54, 1.807) is 0 Å². The van der Waals surface area contributed by atoms with Gasteiger partial charge in [-0.25, -0.2) is 0 Å². The second kappa shape index (κ2) is 15.1. The van der Waals surface area contributed by atoms with Crippen LogP contribution in [0.2, 0.25) is 0 Å². The van der Waals surface area contributed by atoms with Crippen LogP contribution in [0.5, 0.6) is 0 Å². The van der Waals surface area contributed by atoms with Gasteiger partial charge in [0.15, 0.2) is 0 Å². The Morgan fingerprint density at radius 2 is 0.697 bits per heavy atom. The Morgan fingerprint density at radius 3 is 1.29 bits per heavy atom. The molecule has 312 valence electrons. The van der Waals surface area contributed by atoms with E-state index in [-0.39, 0.29) is 5.41 Å². The number of nitrogens with zero attached hydrogens (tertiary/aromatic N) is 2. The summed E-state index contributed by atoms with van der Waals surface area (Å²) < 4.78 is 2.65. The number of thiophene rings is 1. The zero-order valence-corrected chi connectivity index (χ0v) is 37.6. The summed E-state index contributed by atoms with van der Waals surface area (Å²) >= 11 is 1.86. The van der Waals surface area contributed by atoms with Crippen molar-refractivity contribution in [1.29, 1.82) is 0 Å². The summed E-state index contributed by atoms with van der Waals surface area (Å²) in [6.45, 7) is 4.78. The molecule has 1 aromatic heterocycles. The van der Waals surface area contributed by atoms with Crippen LogP contribution in [0.4, 0.5) is 34.1 Å². The van der Waals surface area contributed by atoms with Crippen LogP contribution in [0.25, 0.3) is 74.7 Å². The Hall–Kier alpha value is -7.98. The predicted octanol–water partition coefficient (Wildman–Crippen LogP) is 18.4. The van der Waals surface area contributed by atoms with Crippen LogP contribution in [0, 0.1) is 0 Å². The lowest BCUT2D eigenvalue weighted by atomic mass is 9.82. The zero-order chi connectivity index (χ0) is 43.9. The molecule has 1 aliphatic carbocycles. The summed E-state index contributed by atoms with van der Waals surface area (Å²) in [6, 6.07) is 85.2. The SMILES string of the molecule is CC1(C)c2cc(N(c3ccccc3)c3ccccc3)ccc2-c2ccc(N(c3ccc(-c4ccc5sc6ccccc6c5c4)cc3)c3ccc4c5ccccc5c5ccccc5c4c3)cc21. The minimum Gasteiger partial charge on any atom is -0.310 e. The van der Waals surface area contributed by atoms with E-state index in [1.165, 1.54) is 85.9 Å². The first-order chi connectivity index (χ1) is 32.5. The van der Waals surface area contributed by atoms with E-state index >= 15 is 0 Å². The zero-order valence-electron chi connectivity index (χ0n) is 36.7. The molecule has 0 saturated heterocycles. The molecular weight excluding hydrogens is 817 g/mol. The van der Waals surface area contributed by atoms with E-state index in [0.717, 1.165) is 34.1 Å². The lowest BCUT2D eigenvalue weighted by molar-refractivity contribution is 0.660. The molecule has 3 heteroatoms. The molecule has 12 aromatic rings. The Labute approximate surface area is 388 Å². The van der Waals surface area contributed by atoms with Gasteiger partial charge in [-0.1, -0.05) is 153 Å². The van der Waals surface area contributed by atoms with Crippen molar-refractivity contribution >= 4 is 98.0 Å². The number of anilines is 6. The lowest BCUT2D eigenvalue weighted by Crippen LogP contribution is -2.17. The van der Waals surface area contributed by atoms with Gasteiger partial charge in [-0.05, 0) is 157 Å². The maximum atomic E-state index is 2.46. The number of hydrogen-bond acceptors (Lipinski definition) is 3. The number of fused-ring (bicyclic) bond motifs is 12. The van der Waals surface area contributed by atoms with Gasteiger partial charge in [0.25, 0.3) is 0 Å². The topological polar surface area (TPSA) is 6.48 Å². The summed E-state index contributed by atoms with van der Waals surface area (Å²) in [5, 5.41) is 10.3. The van der Waals surface area contributed by atoms with Crippen molar-refractivity contribution in [1.82, 2.24) is 0 Å². The highest BCUT2D eigenvalue weighted by Crippen LogP contribution is 2.53. The molecular formula is C63H44N2S. The van der Waals surface area contributed by atoms with Crippen molar-refractivity contribution in [3.05, 3.63) is 242 Å². The van der Waals surface area contributed by atoms with E-state index < -0.39 is 0 Å². The summed E-state index contributed by atoms with van der Waals surface area (Å²) in [4.78, 5) is 4.82. The predicted molar refractivity (Wildman–Crippen MR) is 284 cm³/mol. The van der Waals surface area contributed by atoms with Crippen LogP contribution in [-0.2, 0) is 5.41 Å². The molecule has 0 atom stereocenters. The van der Waals surface area contributed by atoms with Crippen LogP contribution in [-0.4, -0.2) is 0 Å². The Kier molecular flexibility index (Phi) is 8.78. The Balaban J connectivity index is 0.955. The van der Waals surface area contributed by atoms with E-state index in [9.17, 15) is 0 Å². The molecule has 11 aromatic carbocycles. The summed E-state index contributed by atoms with van der Waals surface area (Å²) in [5.74, 6) is 0. The molecule has 0 amide bonds. The van der Waals surface area contributed by atoms with E-state index in [4.69, 9.17) is 0 Å². The molecule has 0 saturated carbocycles. The first-order valence-electron chi connectivity index (χ1n) is 22.8. The van der Waals surface area contributed by atoms with Crippen molar-refractivity contribution in [2.24, 2.45) is 0 Å². The average molecular weight is 861 g/mol. The van der Waals surface area contributed by atoms with Gasteiger partial charge in [-0.3, -0.25) is 0 Å². The van der Waals surface area contributed by atoms with Gasteiger partial charge in [0.1, 0.15) is 0 Å². The van der Waals surface area contributed by atoms with Crippen LogP contribution < -0.4 is 9.80 Å². The van der Waals surface area contributed by atoms with Crippen LogP contribution in [0.3, 0.4) is 0 Å². The molecule has 0 aliphatic heterocycles. The van der Waals surface area contributed by atoms with Crippen molar-refractivity contribution < 1.29 is 0 Å². The molecule has 66 heavy (non-hydrogen) atoms. The van der Waals surface area contributed by atoms with Crippen molar-refractivity contribution in [2.45, 2.75) is 19.3 Å². The molecule has 0 fully saturated rings. The molecule has 1 heterocycles. The largest absolute Gasteiger partial charge is 0.310 e. The fourth-order valence-corrected chi connectivity index (χ4v) is 11.9. The second-order valence-electron chi connectivity index (χ2n) is 18.1. The lowest BCUT2D eigenvalue weighted by Gasteiger charge is -2.29. The maximum Gasteiger partial charge on any atom is 0.0468 e. The highest BCUT2D eigenvalue weighted by Gasteiger charge is 2.37. The fourth-order valence-electron chi connectivity index (χ4n) is 10.8. The van der Waals surface area contributed by atoms with Crippen LogP contribution >= 0.6 is 11.3 Å². The second-order valence-corrected chi connectivity index (χ2v) is 19.2. The molecule has 13 rings (SSSR count). The first kappa shape index (κ1) is 38.5. The maximum absolute atomic E-state index is 2.46. The minimum absolute atomic E-state index is 0.256. The van der Waals surface area contributed by atoms with E-state index in [1.807, 2.05) is 11.3 Å². The minimum atomic E-state index is -0.256. The molecule has 0 unspecified atom stereocenters. The quantitative estimate of drug-likeness (QED) is 0.147. The smallest absolute Gasteiger partial charge is 0.0468 e. The van der Waals surface area contributed by atoms with Crippen LogP contribution in [0.1, 0.15) is 25.0 Å². The Morgan fingerprint density at radius 1 is 0.288 bits per heavy atom.